The van der Waals surface area contributed by atoms with E-state index in [1.807, 2.05) is 31.0 Å². The maximum atomic E-state index is 13.1. The Morgan fingerprint density at radius 2 is 1.60 bits per heavy atom. The number of hydrogen-bond acceptors (Lipinski definition) is 2. The summed E-state index contributed by atoms with van der Waals surface area (Å²) in [5, 5.41) is 5.47. The fourth-order valence-electron chi connectivity index (χ4n) is 6.32. The zero-order valence-electron chi connectivity index (χ0n) is 14.7. The van der Waals surface area contributed by atoms with Crippen LogP contribution in [-0.2, 0) is 4.79 Å². The summed E-state index contributed by atoms with van der Waals surface area (Å²) in [7, 11) is 0. The van der Waals surface area contributed by atoms with Gasteiger partial charge in [-0.1, -0.05) is 23.2 Å². The summed E-state index contributed by atoms with van der Waals surface area (Å²) in [5.74, 6) is 3.31. The first-order chi connectivity index (χ1) is 11.9. The van der Waals surface area contributed by atoms with Crippen molar-refractivity contribution in [1.82, 2.24) is 5.01 Å². The predicted molar refractivity (Wildman–Crippen MR) is 101 cm³/mol. The SMILES string of the molecule is CC1(C)C(=O)N(C2C3CC4CC(C3)CC2C4)N1c1cc(Cl)ccc1Cl. The summed E-state index contributed by atoms with van der Waals surface area (Å²) in [6.45, 7) is 3.97. The Labute approximate surface area is 159 Å². The minimum absolute atomic E-state index is 0.223. The first-order valence-corrected chi connectivity index (χ1v) is 10.2. The van der Waals surface area contributed by atoms with Gasteiger partial charge in [-0.25, -0.2) is 5.01 Å². The first kappa shape index (κ1) is 16.3. The van der Waals surface area contributed by atoms with Crippen LogP contribution in [0.1, 0.15) is 46.0 Å². The van der Waals surface area contributed by atoms with Crippen LogP contribution in [0.5, 0.6) is 0 Å². The molecular formula is C20H24Cl2N2O. The van der Waals surface area contributed by atoms with Crippen molar-refractivity contribution in [1.29, 1.82) is 0 Å². The molecule has 0 spiro atoms. The highest BCUT2D eigenvalue weighted by Crippen LogP contribution is 2.57. The van der Waals surface area contributed by atoms with Crippen molar-refractivity contribution in [3.8, 4) is 0 Å². The summed E-state index contributed by atoms with van der Waals surface area (Å²) in [6, 6.07) is 5.85. The molecule has 25 heavy (non-hydrogen) atoms. The van der Waals surface area contributed by atoms with E-state index in [1.165, 1.54) is 32.1 Å². The number of hydrogen-bond donors (Lipinski definition) is 0. The summed E-state index contributed by atoms with van der Waals surface area (Å²) in [4.78, 5) is 13.1. The third-order valence-electron chi connectivity index (χ3n) is 7.07. The van der Waals surface area contributed by atoms with E-state index in [1.54, 1.807) is 6.07 Å². The second kappa shape index (κ2) is 5.29. The minimum Gasteiger partial charge on any atom is -0.270 e. The van der Waals surface area contributed by atoms with Gasteiger partial charge in [-0.05, 0) is 87.8 Å². The molecule has 5 heteroatoms. The second-order valence-corrected chi connectivity index (χ2v) is 9.88. The quantitative estimate of drug-likeness (QED) is 0.709. The Morgan fingerprint density at radius 1 is 1.00 bits per heavy atom. The molecule has 4 saturated carbocycles. The molecular weight excluding hydrogens is 355 g/mol. The lowest BCUT2D eigenvalue weighted by atomic mass is 9.53. The average Bonchev–Trinajstić information content (AvgIpc) is 2.55. The fraction of sp³-hybridized carbons (Fsp3) is 0.650. The number of benzene rings is 1. The lowest BCUT2D eigenvalue weighted by Crippen LogP contribution is -2.80. The second-order valence-electron chi connectivity index (χ2n) is 9.04. The van der Waals surface area contributed by atoms with Crippen molar-refractivity contribution < 1.29 is 4.79 Å². The number of halogens is 2. The molecule has 1 aromatic carbocycles. The average molecular weight is 379 g/mol. The molecule has 0 atom stereocenters. The standard InChI is InChI=1S/C20H24Cl2N2O/c1-20(2)19(25)23(24(20)17-10-15(21)3-4-16(17)22)18-13-6-11-5-12(8-13)9-14(18)7-11/h3-4,10-14,18H,5-9H2,1-2H3. The highest BCUT2D eigenvalue weighted by atomic mass is 35.5. The number of hydrazine groups is 1. The third kappa shape index (κ3) is 2.21. The van der Waals surface area contributed by atoms with E-state index in [2.05, 4.69) is 5.01 Å². The number of anilines is 1. The van der Waals surface area contributed by atoms with Crippen LogP contribution in [0.3, 0.4) is 0 Å². The molecule has 1 saturated heterocycles. The van der Waals surface area contributed by atoms with Crippen molar-refractivity contribution in [2.24, 2.45) is 23.7 Å². The van der Waals surface area contributed by atoms with Crippen LogP contribution in [-0.4, -0.2) is 22.5 Å². The van der Waals surface area contributed by atoms with Gasteiger partial charge in [0.05, 0.1) is 16.8 Å². The van der Waals surface area contributed by atoms with Crippen LogP contribution in [0, 0.1) is 23.7 Å². The van der Waals surface area contributed by atoms with Crippen LogP contribution in [0.2, 0.25) is 10.0 Å². The van der Waals surface area contributed by atoms with E-state index in [-0.39, 0.29) is 5.91 Å². The minimum atomic E-state index is -0.566. The summed E-state index contributed by atoms with van der Waals surface area (Å²) >= 11 is 12.7. The molecule has 0 aromatic heterocycles. The number of amides is 1. The first-order valence-electron chi connectivity index (χ1n) is 9.45. The monoisotopic (exact) mass is 378 g/mol. The molecule has 1 heterocycles. The van der Waals surface area contributed by atoms with Gasteiger partial charge in [0.1, 0.15) is 5.54 Å². The maximum Gasteiger partial charge on any atom is 0.268 e. The van der Waals surface area contributed by atoms with Gasteiger partial charge in [0.25, 0.3) is 5.91 Å². The molecule has 1 aliphatic heterocycles. The van der Waals surface area contributed by atoms with Crippen LogP contribution in [0.25, 0.3) is 0 Å². The van der Waals surface area contributed by atoms with E-state index in [0.29, 0.717) is 27.9 Å². The summed E-state index contributed by atoms with van der Waals surface area (Å²) in [6.07, 6.45) is 6.58. The van der Waals surface area contributed by atoms with E-state index in [9.17, 15) is 4.79 Å². The Bertz CT molecular complexity index is 719. The third-order valence-corrected chi connectivity index (χ3v) is 7.63. The van der Waals surface area contributed by atoms with Crippen LogP contribution >= 0.6 is 23.2 Å². The lowest BCUT2D eigenvalue weighted by molar-refractivity contribution is -0.170. The normalized spacial score (nSPS) is 38.2. The highest BCUT2D eigenvalue weighted by molar-refractivity contribution is 6.35. The van der Waals surface area contributed by atoms with E-state index in [0.717, 1.165) is 17.5 Å². The number of rotatable bonds is 2. The molecule has 0 unspecified atom stereocenters. The van der Waals surface area contributed by atoms with Crippen molar-refractivity contribution in [2.75, 3.05) is 5.01 Å². The molecule has 4 bridgehead atoms. The molecule has 1 amide bonds. The van der Waals surface area contributed by atoms with Gasteiger partial charge < -0.3 is 0 Å². The Hall–Kier alpha value is -0.930. The molecule has 5 aliphatic rings. The summed E-state index contributed by atoms with van der Waals surface area (Å²) < 4.78 is 0. The Balaban J connectivity index is 1.54. The zero-order valence-corrected chi connectivity index (χ0v) is 16.2. The topological polar surface area (TPSA) is 23.6 Å². The van der Waals surface area contributed by atoms with E-state index >= 15 is 0 Å². The van der Waals surface area contributed by atoms with Crippen LogP contribution in [0.4, 0.5) is 5.69 Å². The van der Waals surface area contributed by atoms with Gasteiger partial charge in [-0.3, -0.25) is 9.80 Å². The zero-order chi connectivity index (χ0) is 17.5. The van der Waals surface area contributed by atoms with Gasteiger partial charge in [-0.2, -0.15) is 0 Å². The number of carbonyl (C=O) groups excluding carboxylic acids is 1. The molecule has 3 nitrogen and oxygen atoms in total. The van der Waals surface area contributed by atoms with Gasteiger partial charge in [-0.15, -0.1) is 0 Å². The highest BCUT2D eigenvalue weighted by Gasteiger charge is 2.61. The van der Waals surface area contributed by atoms with E-state index in [4.69, 9.17) is 23.2 Å². The Kier molecular flexibility index (Phi) is 3.44. The van der Waals surface area contributed by atoms with Crippen LogP contribution in [0.15, 0.2) is 18.2 Å². The lowest BCUT2D eigenvalue weighted by Gasteiger charge is -2.65. The van der Waals surface area contributed by atoms with Crippen molar-refractivity contribution >= 4 is 34.8 Å². The molecule has 6 rings (SSSR count). The molecule has 0 radical (unpaired) electrons. The molecule has 134 valence electrons. The Morgan fingerprint density at radius 3 is 2.20 bits per heavy atom. The van der Waals surface area contributed by atoms with Gasteiger partial charge >= 0.3 is 0 Å². The fourth-order valence-corrected chi connectivity index (χ4v) is 6.68. The van der Waals surface area contributed by atoms with Crippen molar-refractivity contribution in [3.05, 3.63) is 28.2 Å². The summed E-state index contributed by atoms with van der Waals surface area (Å²) in [5.41, 5.74) is 0.288. The molecule has 5 fully saturated rings. The van der Waals surface area contributed by atoms with Crippen LogP contribution < -0.4 is 5.01 Å². The van der Waals surface area contributed by atoms with Crippen molar-refractivity contribution in [3.63, 3.8) is 0 Å². The number of carbonyl (C=O) groups is 1. The predicted octanol–water partition coefficient (Wildman–Crippen LogP) is 5.16. The van der Waals surface area contributed by atoms with Gasteiger partial charge in [0, 0.05) is 5.02 Å². The van der Waals surface area contributed by atoms with E-state index < -0.39 is 5.54 Å². The van der Waals surface area contributed by atoms with Gasteiger partial charge in [0.15, 0.2) is 0 Å². The van der Waals surface area contributed by atoms with Crippen molar-refractivity contribution in [2.45, 2.75) is 57.5 Å². The smallest absolute Gasteiger partial charge is 0.268 e. The van der Waals surface area contributed by atoms with Gasteiger partial charge in [0.2, 0.25) is 0 Å². The molecule has 1 aromatic rings. The molecule has 0 N–H and O–H groups in total. The maximum absolute atomic E-state index is 13.1. The number of nitrogens with zero attached hydrogens (tertiary/aromatic N) is 2. The largest absolute Gasteiger partial charge is 0.270 e. The molecule has 4 aliphatic carbocycles.